The van der Waals surface area contributed by atoms with Gasteiger partial charge in [0.05, 0.1) is 6.04 Å². The number of carbonyl (C=O) groups excluding carboxylic acids is 1. The number of aryl methyl sites for hydroxylation is 2. The third-order valence-corrected chi connectivity index (χ3v) is 4.81. The molecule has 1 heterocycles. The smallest absolute Gasteiger partial charge is 0.254 e. The lowest BCUT2D eigenvalue weighted by atomic mass is 10.00. The van der Waals surface area contributed by atoms with Crippen molar-refractivity contribution in [2.24, 2.45) is 0 Å². The summed E-state index contributed by atoms with van der Waals surface area (Å²) in [6.45, 7) is 7.05. The Morgan fingerprint density at radius 1 is 1.05 bits per heavy atom. The van der Waals surface area contributed by atoms with Crippen LogP contribution in [0.5, 0.6) is 0 Å². The van der Waals surface area contributed by atoms with Crippen LogP contribution in [-0.4, -0.2) is 17.4 Å². The summed E-state index contributed by atoms with van der Waals surface area (Å²) in [6.07, 6.45) is 2.13. The van der Waals surface area contributed by atoms with Crippen LogP contribution in [0.25, 0.3) is 0 Å². The molecule has 1 unspecified atom stereocenters. The lowest BCUT2D eigenvalue weighted by molar-refractivity contribution is 0.0735. The quantitative estimate of drug-likeness (QED) is 0.793. The summed E-state index contributed by atoms with van der Waals surface area (Å²) in [5.74, 6) is 0.171. The van der Waals surface area contributed by atoms with Gasteiger partial charge in [0, 0.05) is 12.1 Å². The first-order valence-electron chi connectivity index (χ1n) is 8.01. The van der Waals surface area contributed by atoms with Gasteiger partial charge in [-0.1, -0.05) is 42.0 Å². The highest BCUT2D eigenvalue weighted by Gasteiger charge is 2.31. The highest BCUT2D eigenvalue weighted by Crippen LogP contribution is 2.33. The zero-order chi connectivity index (χ0) is 15.7. The first-order valence-corrected chi connectivity index (χ1v) is 8.01. The standard InChI is InChI=1S/C20H23NO/c1-14-9-11-17(12-10-14)19-8-5-13-21(19)20(22)18-7-4-6-15(2)16(18)3/h4,6-7,9-12,19H,5,8,13H2,1-3H3. The summed E-state index contributed by atoms with van der Waals surface area (Å²) in [5, 5.41) is 0. The van der Waals surface area contributed by atoms with E-state index in [0.717, 1.165) is 30.5 Å². The van der Waals surface area contributed by atoms with Crippen molar-refractivity contribution in [1.29, 1.82) is 0 Å². The van der Waals surface area contributed by atoms with Crippen molar-refractivity contribution in [3.05, 3.63) is 70.3 Å². The van der Waals surface area contributed by atoms with E-state index in [1.165, 1.54) is 16.7 Å². The Balaban J connectivity index is 1.91. The minimum Gasteiger partial charge on any atom is -0.332 e. The van der Waals surface area contributed by atoms with Crippen LogP contribution in [0, 0.1) is 20.8 Å². The Bertz CT molecular complexity index is 687. The summed E-state index contributed by atoms with van der Waals surface area (Å²) in [4.78, 5) is 15.0. The molecule has 1 fully saturated rings. The first-order chi connectivity index (χ1) is 10.6. The van der Waals surface area contributed by atoms with E-state index in [-0.39, 0.29) is 11.9 Å². The lowest BCUT2D eigenvalue weighted by Gasteiger charge is -2.26. The normalized spacial score (nSPS) is 17.8. The van der Waals surface area contributed by atoms with Crippen LogP contribution in [0.2, 0.25) is 0 Å². The van der Waals surface area contributed by atoms with Crippen molar-refractivity contribution >= 4 is 5.91 Å². The van der Waals surface area contributed by atoms with Gasteiger partial charge in [-0.25, -0.2) is 0 Å². The molecule has 0 bridgehead atoms. The van der Waals surface area contributed by atoms with Gasteiger partial charge in [-0.05, 0) is 56.4 Å². The number of rotatable bonds is 2. The summed E-state index contributed by atoms with van der Waals surface area (Å²) in [5.41, 5.74) is 5.63. The second-order valence-corrected chi connectivity index (χ2v) is 6.31. The van der Waals surface area contributed by atoms with E-state index in [9.17, 15) is 4.79 Å². The van der Waals surface area contributed by atoms with Gasteiger partial charge in [0.25, 0.3) is 5.91 Å². The minimum absolute atomic E-state index is 0.171. The van der Waals surface area contributed by atoms with Crippen LogP contribution in [0.3, 0.4) is 0 Å². The number of likely N-dealkylation sites (tertiary alicyclic amines) is 1. The fourth-order valence-electron chi connectivity index (χ4n) is 3.28. The molecular formula is C20H23NO. The number of benzene rings is 2. The Morgan fingerprint density at radius 2 is 1.77 bits per heavy atom. The van der Waals surface area contributed by atoms with Crippen molar-refractivity contribution in [2.75, 3.05) is 6.54 Å². The third-order valence-electron chi connectivity index (χ3n) is 4.81. The number of hydrogen-bond acceptors (Lipinski definition) is 1. The van der Waals surface area contributed by atoms with Crippen LogP contribution in [0.4, 0.5) is 0 Å². The summed E-state index contributed by atoms with van der Waals surface area (Å²) < 4.78 is 0. The Hall–Kier alpha value is -2.09. The van der Waals surface area contributed by atoms with Crippen LogP contribution in [-0.2, 0) is 0 Å². The van der Waals surface area contributed by atoms with E-state index in [1.807, 2.05) is 24.0 Å². The van der Waals surface area contributed by atoms with Gasteiger partial charge in [-0.2, -0.15) is 0 Å². The van der Waals surface area contributed by atoms with Gasteiger partial charge in [-0.3, -0.25) is 4.79 Å². The van der Waals surface area contributed by atoms with Crippen molar-refractivity contribution in [1.82, 2.24) is 4.90 Å². The molecule has 22 heavy (non-hydrogen) atoms. The van der Waals surface area contributed by atoms with Crippen LogP contribution >= 0.6 is 0 Å². The summed E-state index contributed by atoms with van der Waals surface area (Å²) in [7, 11) is 0. The van der Waals surface area contributed by atoms with Crippen molar-refractivity contribution in [2.45, 2.75) is 39.7 Å². The first kappa shape index (κ1) is 14.8. The molecule has 2 aromatic carbocycles. The van der Waals surface area contributed by atoms with E-state index in [0.29, 0.717) is 0 Å². The molecule has 1 amide bonds. The zero-order valence-corrected chi connectivity index (χ0v) is 13.6. The SMILES string of the molecule is Cc1ccc(C2CCCN2C(=O)c2cccc(C)c2C)cc1. The topological polar surface area (TPSA) is 20.3 Å². The fraction of sp³-hybridized carbons (Fsp3) is 0.350. The lowest BCUT2D eigenvalue weighted by Crippen LogP contribution is -2.31. The highest BCUT2D eigenvalue weighted by atomic mass is 16.2. The average molecular weight is 293 g/mol. The van der Waals surface area contributed by atoms with Crippen LogP contribution < -0.4 is 0 Å². The van der Waals surface area contributed by atoms with E-state index < -0.39 is 0 Å². The van der Waals surface area contributed by atoms with E-state index in [4.69, 9.17) is 0 Å². The molecule has 2 nitrogen and oxygen atoms in total. The second-order valence-electron chi connectivity index (χ2n) is 6.31. The van der Waals surface area contributed by atoms with E-state index in [2.05, 4.69) is 44.2 Å². The highest BCUT2D eigenvalue weighted by molar-refractivity contribution is 5.96. The maximum Gasteiger partial charge on any atom is 0.254 e. The van der Waals surface area contributed by atoms with Gasteiger partial charge >= 0.3 is 0 Å². The van der Waals surface area contributed by atoms with Gasteiger partial charge in [0.15, 0.2) is 0 Å². The predicted octanol–water partition coefficient (Wildman–Crippen LogP) is 4.59. The van der Waals surface area contributed by atoms with Gasteiger partial charge in [0.1, 0.15) is 0 Å². The number of amides is 1. The number of hydrogen-bond donors (Lipinski definition) is 0. The van der Waals surface area contributed by atoms with Crippen molar-refractivity contribution in [3.8, 4) is 0 Å². The molecule has 1 aliphatic heterocycles. The van der Waals surface area contributed by atoms with Crippen molar-refractivity contribution < 1.29 is 4.79 Å². The molecule has 0 spiro atoms. The summed E-state index contributed by atoms with van der Waals surface area (Å²) in [6, 6.07) is 14.8. The molecule has 0 N–H and O–H groups in total. The van der Waals surface area contributed by atoms with Crippen LogP contribution in [0.15, 0.2) is 42.5 Å². The Labute approximate surface area is 132 Å². The maximum atomic E-state index is 13.0. The molecule has 0 aliphatic carbocycles. The molecule has 1 saturated heterocycles. The van der Waals surface area contributed by atoms with E-state index >= 15 is 0 Å². The number of carbonyl (C=O) groups is 1. The van der Waals surface area contributed by atoms with Crippen molar-refractivity contribution in [3.63, 3.8) is 0 Å². The maximum absolute atomic E-state index is 13.0. The third kappa shape index (κ3) is 2.66. The molecule has 2 aromatic rings. The summed E-state index contributed by atoms with van der Waals surface area (Å²) >= 11 is 0. The Kier molecular flexibility index (Phi) is 4.02. The molecule has 0 aromatic heterocycles. The average Bonchev–Trinajstić information content (AvgIpc) is 2.99. The Morgan fingerprint density at radius 3 is 2.50 bits per heavy atom. The fourth-order valence-corrected chi connectivity index (χ4v) is 3.28. The zero-order valence-electron chi connectivity index (χ0n) is 13.6. The molecule has 0 radical (unpaired) electrons. The number of nitrogens with zero attached hydrogens (tertiary/aromatic N) is 1. The minimum atomic E-state index is 0.171. The molecule has 2 heteroatoms. The van der Waals surface area contributed by atoms with Gasteiger partial charge in [-0.15, -0.1) is 0 Å². The monoisotopic (exact) mass is 293 g/mol. The molecule has 114 valence electrons. The molecule has 1 aliphatic rings. The predicted molar refractivity (Wildman–Crippen MR) is 90.1 cm³/mol. The largest absolute Gasteiger partial charge is 0.332 e. The molecule has 3 rings (SSSR count). The molecule has 1 atom stereocenters. The molecular weight excluding hydrogens is 270 g/mol. The second kappa shape index (κ2) is 5.96. The van der Waals surface area contributed by atoms with Gasteiger partial charge in [0.2, 0.25) is 0 Å². The molecule has 0 saturated carbocycles. The van der Waals surface area contributed by atoms with Gasteiger partial charge < -0.3 is 4.90 Å². The van der Waals surface area contributed by atoms with Crippen LogP contribution in [0.1, 0.15) is 51.5 Å². The van der Waals surface area contributed by atoms with E-state index in [1.54, 1.807) is 0 Å².